The molecule has 0 unspecified atom stereocenters. The predicted octanol–water partition coefficient (Wildman–Crippen LogP) is 3.91. The number of rotatable bonds is 2. The molecule has 3 nitrogen and oxygen atoms in total. The molecule has 1 aromatic carbocycles. The van der Waals surface area contributed by atoms with Gasteiger partial charge in [-0.05, 0) is 25.0 Å². The maximum Gasteiger partial charge on any atom is 0.0924 e. The predicted molar refractivity (Wildman–Crippen MR) is 82.3 cm³/mol. The number of nitrogens with two attached hydrogens (primary N) is 1. The van der Waals surface area contributed by atoms with E-state index in [0.717, 1.165) is 23.0 Å². The lowest BCUT2D eigenvalue weighted by atomic mass is 10.2. The van der Waals surface area contributed by atoms with Crippen LogP contribution in [0.25, 0.3) is 10.9 Å². The summed E-state index contributed by atoms with van der Waals surface area (Å²) in [7, 11) is 0. The van der Waals surface area contributed by atoms with Gasteiger partial charge < -0.3 is 5.73 Å². The second-order valence-electron chi connectivity index (χ2n) is 4.09. The molecule has 0 saturated carbocycles. The van der Waals surface area contributed by atoms with Gasteiger partial charge in [0, 0.05) is 28.8 Å². The van der Waals surface area contributed by atoms with Gasteiger partial charge in [0.25, 0.3) is 0 Å². The Morgan fingerprint density at radius 1 is 1.11 bits per heavy atom. The molecule has 98 valence electrons. The van der Waals surface area contributed by atoms with E-state index >= 15 is 0 Å². The zero-order valence-corrected chi connectivity index (χ0v) is 11.7. The lowest BCUT2D eigenvalue weighted by molar-refractivity contribution is 0.909. The van der Waals surface area contributed by atoms with Crippen molar-refractivity contribution in [3.63, 3.8) is 0 Å². The summed E-state index contributed by atoms with van der Waals surface area (Å²) >= 11 is 1.74. The fourth-order valence-corrected chi connectivity index (χ4v) is 2.43. The minimum Gasteiger partial charge on any atom is -0.398 e. The summed E-state index contributed by atoms with van der Waals surface area (Å²) in [6.07, 6.45) is 5.92. The molecular weight excluding hydrogens is 254 g/mol. The fourth-order valence-electron chi connectivity index (χ4n) is 1.71. The first-order chi connectivity index (χ1) is 9.31. The third kappa shape index (κ3) is 3.76. The van der Waals surface area contributed by atoms with E-state index in [4.69, 9.17) is 5.73 Å². The number of aryl methyl sites for hydroxylation is 1. The molecule has 4 heteroatoms. The van der Waals surface area contributed by atoms with Crippen LogP contribution in [0.4, 0.5) is 5.69 Å². The van der Waals surface area contributed by atoms with Crippen molar-refractivity contribution in [2.75, 3.05) is 5.73 Å². The molecule has 0 spiro atoms. The molecule has 0 fully saturated rings. The van der Waals surface area contributed by atoms with Crippen LogP contribution in [-0.2, 0) is 6.42 Å². The molecule has 2 heterocycles. The maximum atomic E-state index is 5.72. The van der Waals surface area contributed by atoms with E-state index in [2.05, 4.69) is 16.9 Å². The summed E-state index contributed by atoms with van der Waals surface area (Å²) < 4.78 is 0. The Morgan fingerprint density at radius 2 is 1.95 bits per heavy atom. The maximum absolute atomic E-state index is 5.72. The molecule has 0 aliphatic rings. The van der Waals surface area contributed by atoms with Crippen LogP contribution >= 0.6 is 11.3 Å². The Balaban J connectivity index is 0.000000148. The molecule has 2 aromatic heterocycles. The molecule has 0 aliphatic heterocycles. The fraction of sp³-hybridized carbons (Fsp3) is 0.200. The number of nitrogen functional groups attached to an aromatic ring is 1. The van der Waals surface area contributed by atoms with Gasteiger partial charge in [0.1, 0.15) is 0 Å². The van der Waals surface area contributed by atoms with Crippen LogP contribution in [0.2, 0.25) is 0 Å². The van der Waals surface area contributed by atoms with Crippen molar-refractivity contribution in [1.82, 2.24) is 9.97 Å². The van der Waals surface area contributed by atoms with Crippen LogP contribution < -0.4 is 5.73 Å². The van der Waals surface area contributed by atoms with Gasteiger partial charge in [0.2, 0.25) is 0 Å². The monoisotopic (exact) mass is 271 g/mol. The molecule has 0 bridgehead atoms. The molecule has 3 aromatic rings. The van der Waals surface area contributed by atoms with E-state index in [1.165, 1.54) is 11.4 Å². The number of fused-ring (bicyclic) bond motifs is 1. The Bertz CT molecular complexity index is 615. The highest BCUT2D eigenvalue weighted by Gasteiger charge is 1.94. The molecular formula is C15H17N3S. The molecule has 2 N–H and O–H groups in total. The van der Waals surface area contributed by atoms with Gasteiger partial charge >= 0.3 is 0 Å². The van der Waals surface area contributed by atoms with E-state index in [1.807, 2.05) is 41.9 Å². The molecule has 0 aliphatic carbocycles. The van der Waals surface area contributed by atoms with Crippen LogP contribution in [0.3, 0.4) is 0 Å². The van der Waals surface area contributed by atoms with Crippen molar-refractivity contribution >= 4 is 27.9 Å². The first-order valence-electron chi connectivity index (χ1n) is 6.29. The Morgan fingerprint density at radius 3 is 2.63 bits per heavy atom. The summed E-state index contributed by atoms with van der Waals surface area (Å²) in [5, 5.41) is 4.30. The van der Waals surface area contributed by atoms with E-state index in [0.29, 0.717) is 0 Å². The molecule has 0 atom stereocenters. The van der Waals surface area contributed by atoms with Crippen molar-refractivity contribution in [2.24, 2.45) is 0 Å². The summed E-state index contributed by atoms with van der Waals surface area (Å²) in [4.78, 5) is 8.29. The SMILES string of the molecule is CCCc1nccs1.Nc1ccnc2ccccc12. The van der Waals surface area contributed by atoms with Gasteiger partial charge in [-0.15, -0.1) is 11.3 Å². The number of para-hydroxylation sites is 1. The van der Waals surface area contributed by atoms with Crippen LogP contribution in [0.1, 0.15) is 18.4 Å². The van der Waals surface area contributed by atoms with Crippen molar-refractivity contribution in [2.45, 2.75) is 19.8 Å². The van der Waals surface area contributed by atoms with Crippen LogP contribution in [0, 0.1) is 0 Å². The lowest BCUT2D eigenvalue weighted by Gasteiger charge is -1.97. The average Bonchev–Trinajstić information content (AvgIpc) is 2.94. The average molecular weight is 271 g/mol. The molecule has 19 heavy (non-hydrogen) atoms. The van der Waals surface area contributed by atoms with E-state index in [1.54, 1.807) is 17.5 Å². The van der Waals surface area contributed by atoms with Crippen LogP contribution in [0.15, 0.2) is 48.1 Å². The van der Waals surface area contributed by atoms with E-state index < -0.39 is 0 Å². The summed E-state index contributed by atoms with van der Waals surface area (Å²) in [6, 6.07) is 9.64. The van der Waals surface area contributed by atoms with Crippen molar-refractivity contribution in [3.05, 3.63) is 53.1 Å². The minimum atomic E-state index is 0.788. The molecule has 0 saturated heterocycles. The zero-order chi connectivity index (χ0) is 13.5. The first-order valence-corrected chi connectivity index (χ1v) is 7.17. The third-order valence-electron chi connectivity index (χ3n) is 2.63. The molecule has 3 rings (SSSR count). The van der Waals surface area contributed by atoms with Gasteiger partial charge in [-0.1, -0.05) is 25.1 Å². The molecule has 0 radical (unpaired) electrons. The number of benzene rings is 1. The van der Waals surface area contributed by atoms with E-state index in [-0.39, 0.29) is 0 Å². The van der Waals surface area contributed by atoms with Gasteiger partial charge in [0.15, 0.2) is 0 Å². The van der Waals surface area contributed by atoms with Gasteiger partial charge in [-0.2, -0.15) is 0 Å². The third-order valence-corrected chi connectivity index (χ3v) is 3.47. The van der Waals surface area contributed by atoms with Crippen molar-refractivity contribution < 1.29 is 0 Å². The normalized spacial score (nSPS) is 9.95. The Labute approximate surface area is 117 Å². The second kappa shape index (κ2) is 6.85. The topological polar surface area (TPSA) is 51.8 Å². The highest BCUT2D eigenvalue weighted by Crippen LogP contribution is 2.16. The van der Waals surface area contributed by atoms with Crippen molar-refractivity contribution in [1.29, 1.82) is 0 Å². The van der Waals surface area contributed by atoms with Gasteiger partial charge in [0.05, 0.1) is 10.5 Å². The molecule has 0 amide bonds. The number of pyridine rings is 1. The number of hydrogen-bond acceptors (Lipinski definition) is 4. The summed E-state index contributed by atoms with van der Waals surface area (Å²) in [5.74, 6) is 0. The second-order valence-corrected chi connectivity index (χ2v) is 5.07. The standard InChI is InChI=1S/C9H8N2.C6H9NS/c10-8-5-6-11-9-4-2-1-3-7(8)9;1-2-3-6-7-4-5-8-6/h1-6H,(H2,10,11);4-5H,2-3H2,1H3. The summed E-state index contributed by atoms with van der Waals surface area (Å²) in [6.45, 7) is 2.17. The largest absolute Gasteiger partial charge is 0.398 e. The number of thiazole rings is 1. The number of anilines is 1. The smallest absolute Gasteiger partial charge is 0.0924 e. The first kappa shape index (κ1) is 13.5. The quantitative estimate of drug-likeness (QED) is 0.768. The number of hydrogen-bond donors (Lipinski definition) is 1. The number of nitrogens with zero attached hydrogens (tertiary/aromatic N) is 2. The highest BCUT2D eigenvalue weighted by atomic mass is 32.1. The lowest BCUT2D eigenvalue weighted by Crippen LogP contribution is -1.87. The van der Waals surface area contributed by atoms with Crippen LogP contribution in [-0.4, -0.2) is 9.97 Å². The van der Waals surface area contributed by atoms with Crippen LogP contribution in [0.5, 0.6) is 0 Å². The Hall–Kier alpha value is -1.94. The zero-order valence-electron chi connectivity index (χ0n) is 10.9. The number of aromatic nitrogens is 2. The van der Waals surface area contributed by atoms with E-state index in [9.17, 15) is 0 Å². The summed E-state index contributed by atoms with van der Waals surface area (Å²) in [5.41, 5.74) is 7.46. The minimum absolute atomic E-state index is 0.788. The van der Waals surface area contributed by atoms with Gasteiger partial charge in [-0.25, -0.2) is 4.98 Å². The highest BCUT2D eigenvalue weighted by molar-refractivity contribution is 7.09. The van der Waals surface area contributed by atoms with Crippen molar-refractivity contribution in [3.8, 4) is 0 Å². The van der Waals surface area contributed by atoms with Gasteiger partial charge in [-0.3, -0.25) is 4.98 Å². The Kier molecular flexibility index (Phi) is 4.86.